The van der Waals surface area contributed by atoms with Gasteiger partial charge in [0.1, 0.15) is 6.04 Å². The number of nitrogens with one attached hydrogen (secondary N) is 1. The number of benzene rings is 1. The molecule has 0 aliphatic heterocycles. The maximum absolute atomic E-state index is 14.8. The van der Waals surface area contributed by atoms with Gasteiger partial charge in [0.15, 0.2) is 8.32 Å². The third-order valence-electron chi connectivity index (χ3n) is 6.20. The first kappa shape index (κ1) is 28.4. The molecule has 0 radical (unpaired) electrons. The Labute approximate surface area is 205 Å². The van der Waals surface area contributed by atoms with Gasteiger partial charge < -0.3 is 9.53 Å². The summed E-state index contributed by atoms with van der Waals surface area (Å²) in [5.41, 5.74) is -2.84. The largest absolute Gasteiger partial charge is 0.480 e. The molecular weight excluding hydrogens is 479 g/mol. The number of fused-ring (bicyclic) bond motifs is 1. The zero-order chi connectivity index (χ0) is 25.9. The van der Waals surface area contributed by atoms with E-state index in [4.69, 9.17) is 4.43 Å². The van der Waals surface area contributed by atoms with E-state index < -0.39 is 32.0 Å². The van der Waals surface area contributed by atoms with Gasteiger partial charge in [-0.1, -0.05) is 64.7 Å². The van der Waals surface area contributed by atoms with Crippen molar-refractivity contribution in [3.05, 3.63) is 35.2 Å². The Hall–Kier alpha value is -1.86. The molecule has 1 aromatic heterocycles. The Balaban J connectivity index is 2.61. The van der Waals surface area contributed by atoms with Crippen LogP contribution in [0.15, 0.2) is 30.3 Å². The van der Waals surface area contributed by atoms with E-state index in [2.05, 4.69) is 17.2 Å². The van der Waals surface area contributed by atoms with Crippen molar-refractivity contribution in [2.75, 3.05) is 6.61 Å². The molecular formula is C25H34F3NO3SSi. The minimum Gasteiger partial charge on any atom is -0.480 e. The highest BCUT2D eigenvalue weighted by atomic mass is 32.1. The lowest BCUT2D eigenvalue weighted by molar-refractivity contribution is -0.185. The van der Waals surface area contributed by atoms with Gasteiger partial charge >= 0.3 is 12.1 Å². The highest BCUT2D eigenvalue weighted by Gasteiger charge is 2.58. The molecule has 2 atom stereocenters. The van der Waals surface area contributed by atoms with E-state index in [1.807, 2.05) is 33.9 Å². The number of carbonyl (C=O) groups is 1. The van der Waals surface area contributed by atoms with Crippen LogP contribution in [-0.4, -0.2) is 38.2 Å². The van der Waals surface area contributed by atoms with E-state index in [-0.39, 0.29) is 28.9 Å². The molecule has 0 aliphatic carbocycles. The standard InChI is InChI=1S/C25H34F3NO3SSi/c1-17(2)15-19(22(30)31)29-24(25(26,27)28,13-10-14-32-34(6,7)23(3,4)5)21-16-18-11-8-9-12-20(18)33-21/h8-9,11-12,16-17,19,29H,14-15H2,1-7H3,(H,30,31)/t19-,24-/m0/s1. The lowest BCUT2D eigenvalue weighted by Gasteiger charge is -2.36. The van der Waals surface area contributed by atoms with Crippen molar-refractivity contribution in [3.8, 4) is 11.8 Å². The molecule has 9 heteroatoms. The van der Waals surface area contributed by atoms with E-state index in [9.17, 15) is 23.1 Å². The van der Waals surface area contributed by atoms with Crippen molar-refractivity contribution >= 4 is 35.7 Å². The van der Waals surface area contributed by atoms with Crippen LogP contribution in [0.2, 0.25) is 18.1 Å². The number of halogens is 3. The Morgan fingerprint density at radius 2 is 1.82 bits per heavy atom. The van der Waals surface area contributed by atoms with Crippen molar-refractivity contribution in [2.24, 2.45) is 5.92 Å². The van der Waals surface area contributed by atoms with Gasteiger partial charge in [0.2, 0.25) is 5.54 Å². The average Bonchev–Trinajstić information content (AvgIpc) is 3.11. The van der Waals surface area contributed by atoms with Crippen molar-refractivity contribution in [1.82, 2.24) is 5.32 Å². The van der Waals surface area contributed by atoms with Crippen LogP contribution in [-0.2, 0) is 14.8 Å². The monoisotopic (exact) mass is 513 g/mol. The molecule has 1 heterocycles. The predicted octanol–water partition coefficient (Wildman–Crippen LogP) is 6.77. The maximum Gasteiger partial charge on any atom is 0.423 e. The fourth-order valence-corrected chi connectivity index (χ4v) is 5.24. The molecule has 0 spiro atoms. The summed E-state index contributed by atoms with van der Waals surface area (Å²) >= 11 is 0.961. The second-order valence-electron chi connectivity index (χ2n) is 10.4. The van der Waals surface area contributed by atoms with Crippen molar-refractivity contribution < 1.29 is 27.5 Å². The SMILES string of the molecule is CC(C)C[C@H](N[C@@](C#CCO[Si](C)(C)C(C)(C)C)(c1cc2ccccc2s1)C(F)(F)F)C(=O)O. The molecule has 0 saturated heterocycles. The second-order valence-corrected chi connectivity index (χ2v) is 16.3. The molecule has 2 aromatic rings. The normalized spacial score (nSPS) is 15.6. The summed E-state index contributed by atoms with van der Waals surface area (Å²) in [5.74, 6) is 3.51. The van der Waals surface area contributed by atoms with Crippen molar-refractivity contribution in [2.45, 2.75) is 76.9 Å². The average molecular weight is 514 g/mol. The van der Waals surface area contributed by atoms with Gasteiger partial charge in [0.05, 0.1) is 6.61 Å². The smallest absolute Gasteiger partial charge is 0.423 e. The third kappa shape index (κ3) is 6.42. The zero-order valence-corrected chi connectivity index (χ0v) is 22.6. The first-order valence-corrected chi connectivity index (χ1v) is 14.9. The van der Waals surface area contributed by atoms with E-state index in [0.29, 0.717) is 10.1 Å². The van der Waals surface area contributed by atoms with E-state index in [1.165, 1.54) is 6.07 Å². The van der Waals surface area contributed by atoms with Crippen LogP contribution in [0.1, 0.15) is 45.9 Å². The fourth-order valence-electron chi connectivity index (χ4n) is 3.18. The minimum absolute atomic E-state index is 0.0280. The topological polar surface area (TPSA) is 58.6 Å². The molecule has 0 saturated carbocycles. The third-order valence-corrected chi connectivity index (χ3v) is 11.9. The van der Waals surface area contributed by atoms with E-state index in [1.54, 1.807) is 38.1 Å². The van der Waals surface area contributed by atoms with Crippen LogP contribution in [0.3, 0.4) is 0 Å². The first-order chi connectivity index (χ1) is 15.5. The van der Waals surface area contributed by atoms with Crippen LogP contribution >= 0.6 is 11.3 Å². The van der Waals surface area contributed by atoms with Crippen LogP contribution in [0.25, 0.3) is 10.1 Å². The molecule has 34 heavy (non-hydrogen) atoms. The lowest BCUT2D eigenvalue weighted by atomic mass is 9.93. The maximum atomic E-state index is 14.8. The molecule has 188 valence electrons. The highest BCUT2D eigenvalue weighted by molar-refractivity contribution is 7.19. The number of carboxylic acids is 1. The highest BCUT2D eigenvalue weighted by Crippen LogP contribution is 2.44. The lowest BCUT2D eigenvalue weighted by Crippen LogP contribution is -2.58. The van der Waals surface area contributed by atoms with Gasteiger partial charge in [-0.25, -0.2) is 0 Å². The second kappa shape index (κ2) is 10.4. The summed E-state index contributed by atoms with van der Waals surface area (Å²) in [6, 6.07) is 6.98. The molecule has 2 rings (SSSR count). The van der Waals surface area contributed by atoms with Gasteiger partial charge in [0, 0.05) is 9.58 Å². The number of rotatable bonds is 8. The van der Waals surface area contributed by atoms with E-state index >= 15 is 0 Å². The number of hydrogen-bond donors (Lipinski definition) is 2. The number of thiophene rings is 1. The van der Waals surface area contributed by atoms with Gasteiger partial charge in [-0.05, 0) is 48.0 Å². The molecule has 0 fully saturated rings. The number of carboxylic acid groups (broad SMARTS) is 1. The molecule has 0 bridgehead atoms. The summed E-state index contributed by atoms with van der Waals surface area (Å²) in [6.45, 7) is 13.5. The molecule has 2 N–H and O–H groups in total. The van der Waals surface area contributed by atoms with Crippen molar-refractivity contribution in [3.63, 3.8) is 0 Å². The number of hydrogen-bond acceptors (Lipinski definition) is 4. The minimum atomic E-state index is -4.87. The molecule has 4 nitrogen and oxygen atoms in total. The first-order valence-electron chi connectivity index (χ1n) is 11.2. The van der Waals surface area contributed by atoms with Crippen LogP contribution in [0.4, 0.5) is 13.2 Å². The Kier molecular flexibility index (Phi) is 8.68. The van der Waals surface area contributed by atoms with Crippen LogP contribution in [0, 0.1) is 17.8 Å². The molecule has 0 aliphatic rings. The predicted molar refractivity (Wildman–Crippen MR) is 134 cm³/mol. The van der Waals surface area contributed by atoms with Gasteiger partial charge in [-0.2, -0.15) is 13.2 Å². The Morgan fingerprint density at radius 3 is 2.32 bits per heavy atom. The van der Waals surface area contributed by atoms with Crippen molar-refractivity contribution in [1.29, 1.82) is 0 Å². The van der Waals surface area contributed by atoms with Crippen LogP contribution in [0.5, 0.6) is 0 Å². The van der Waals surface area contributed by atoms with E-state index in [0.717, 1.165) is 11.3 Å². The summed E-state index contributed by atoms with van der Waals surface area (Å²) in [7, 11) is -2.22. The summed E-state index contributed by atoms with van der Waals surface area (Å²) in [4.78, 5) is 11.8. The summed E-state index contributed by atoms with van der Waals surface area (Å²) in [6.07, 6.45) is -4.84. The fraction of sp³-hybridized carbons (Fsp3) is 0.560. The zero-order valence-electron chi connectivity index (χ0n) is 20.8. The molecule has 0 unspecified atom stereocenters. The molecule has 1 aromatic carbocycles. The van der Waals surface area contributed by atoms with Crippen LogP contribution < -0.4 is 5.32 Å². The Morgan fingerprint density at radius 1 is 1.21 bits per heavy atom. The van der Waals surface area contributed by atoms with Gasteiger partial charge in [-0.15, -0.1) is 11.3 Å². The van der Waals surface area contributed by atoms with Gasteiger partial charge in [0.25, 0.3) is 0 Å². The van der Waals surface area contributed by atoms with Gasteiger partial charge in [-0.3, -0.25) is 10.1 Å². The quantitative estimate of drug-likeness (QED) is 0.302. The summed E-state index contributed by atoms with van der Waals surface area (Å²) in [5, 5.41) is 12.6. The number of aliphatic carboxylic acids is 1. The number of alkyl halides is 3. The molecule has 0 amide bonds. The Bertz CT molecular complexity index is 1030. The summed E-state index contributed by atoms with van der Waals surface area (Å²) < 4.78 is 51.1.